The van der Waals surface area contributed by atoms with Gasteiger partial charge in [0.2, 0.25) is 0 Å². The summed E-state index contributed by atoms with van der Waals surface area (Å²) in [4.78, 5) is 0. The van der Waals surface area contributed by atoms with Gasteiger partial charge < -0.3 is 4.74 Å². The number of fused-ring (bicyclic) bond motifs is 1. The molecule has 3 unspecified atom stereocenters. The number of rotatable bonds is 5. The van der Waals surface area contributed by atoms with E-state index in [1.165, 1.54) is 11.1 Å². The molecule has 5 nitrogen and oxygen atoms in total. The predicted molar refractivity (Wildman–Crippen MR) is 122 cm³/mol. The third-order valence-electron chi connectivity index (χ3n) is 7.59. The van der Waals surface area contributed by atoms with Gasteiger partial charge in [0.15, 0.2) is 0 Å². The molecule has 1 saturated heterocycles. The zero-order valence-electron chi connectivity index (χ0n) is 18.2. The van der Waals surface area contributed by atoms with Crippen molar-refractivity contribution in [1.29, 1.82) is 0 Å². The molecule has 1 aliphatic heterocycles. The van der Waals surface area contributed by atoms with Crippen LogP contribution in [-0.2, 0) is 29.7 Å². The van der Waals surface area contributed by atoms with Crippen molar-refractivity contribution >= 4 is 10.2 Å². The first-order valence-electron chi connectivity index (χ1n) is 11.6. The van der Waals surface area contributed by atoms with Crippen molar-refractivity contribution in [2.75, 3.05) is 13.1 Å². The second-order valence-corrected chi connectivity index (χ2v) is 11.1. The van der Waals surface area contributed by atoms with E-state index in [2.05, 4.69) is 35.1 Å². The zero-order chi connectivity index (χ0) is 21.5. The van der Waals surface area contributed by atoms with E-state index in [0.717, 1.165) is 49.8 Å². The van der Waals surface area contributed by atoms with E-state index in [9.17, 15) is 8.42 Å². The van der Waals surface area contributed by atoms with Crippen molar-refractivity contribution in [3.63, 3.8) is 0 Å². The van der Waals surface area contributed by atoms with Gasteiger partial charge in [0.25, 0.3) is 10.2 Å². The summed E-state index contributed by atoms with van der Waals surface area (Å²) in [5, 5.41) is 0. The normalized spacial score (nSPS) is 29.5. The lowest BCUT2D eigenvalue weighted by molar-refractivity contribution is 0.165. The zero-order valence-corrected chi connectivity index (χ0v) is 19.0. The molecule has 31 heavy (non-hydrogen) atoms. The van der Waals surface area contributed by atoms with E-state index in [1.54, 1.807) is 4.31 Å². The van der Waals surface area contributed by atoms with E-state index in [1.807, 2.05) is 25.1 Å². The first kappa shape index (κ1) is 21.0. The summed E-state index contributed by atoms with van der Waals surface area (Å²) in [6.07, 6.45) is 5.82. The van der Waals surface area contributed by atoms with Gasteiger partial charge in [-0.3, -0.25) is 0 Å². The smallest absolute Gasteiger partial charge is 0.279 e. The van der Waals surface area contributed by atoms with Crippen LogP contribution in [0, 0.1) is 11.8 Å². The molecule has 2 bridgehead atoms. The Kier molecular flexibility index (Phi) is 5.57. The molecule has 1 N–H and O–H groups in total. The van der Waals surface area contributed by atoms with Gasteiger partial charge in [-0.2, -0.15) is 17.4 Å². The van der Waals surface area contributed by atoms with Crippen LogP contribution in [0.15, 0.2) is 48.5 Å². The van der Waals surface area contributed by atoms with Crippen molar-refractivity contribution in [1.82, 2.24) is 9.03 Å². The van der Waals surface area contributed by atoms with Crippen LogP contribution in [0.25, 0.3) is 0 Å². The van der Waals surface area contributed by atoms with E-state index >= 15 is 0 Å². The number of benzene rings is 2. The largest absolute Gasteiger partial charge is 0.489 e. The standard InChI is InChI=1S/C25H32N2O3S/c1-2-13-27-14-12-25(26-31(27,28)29)22-9-10-23(25)16-21-17-24(11-8-20(21)15-22)30-18-19-6-4-3-5-7-19/h3-8,11,17,22-23,26H,2,9-10,12-16,18H2,1H3. The Labute approximate surface area is 186 Å². The van der Waals surface area contributed by atoms with Crippen LogP contribution < -0.4 is 9.46 Å². The van der Waals surface area contributed by atoms with E-state index in [-0.39, 0.29) is 5.54 Å². The van der Waals surface area contributed by atoms with Crippen molar-refractivity contribution in [2.45, 2.75) is 57.6 Å². The van der Waals surface area contributed by atoms with Gasteiger partial charge in [-0.15, -0.1) is 0 Å². The summed E-state index contributed by atoms with van der Waals surface area (Å²) >= 11 is 0. The van der Waals surface area contributed by atoms with Crippen molar-refractivity contribution in [3.8, 4) is 5.75 Å². The second-order valence-electron chi connectivity index (χ2n) is 9.38. The van der Waals surface area contributed by atoms with Crippen LogP contribution in [0.4, 0.5) is 0 Å². The Balaban J connectivity index is 1.36. The van der Waals surface area contributed by atoms with Crippen molar-refractivity contribution in [2.24, 2.45) is 11.8 Å². The number of hydrogen-bond donors (Lipinski definition) is 1. The molecule has 1 heterocycles. The number of ether oxygens (including phenoxy) is 1. The summed E-state index contributed by atoms with van der Waals surface area (Å²) in [7, 11) is -3.41. The Hall–Kier alpha value is -1.89. The summed E-state index contributed by atoms with van der Waals surface area (Å²) in [6, 6.07) is 16.7. The quantitative estimate of drug-likeness (QED) is 0.762. The lowest BCUT2D eigenvalue weighted by atomic mass is 9.77. The maximum atomic E-state index is 13.0. The first-order valence-corrected chi connectivity index (χ1v) is 13.0. The van der Waals surface area contributed by atoms with Gasteiger partial charge in [0, 0.05) is 18.6 Å². The molecule has 2 fully saturated rings. The lowest BCUT2D eigenvalue weighted by Gasteiger charge is -2.46. The molecule has 2 aliphatic carbocycles. The summed E-state index contributed by atoms with van der Waals surface area (Å²) in [6.45, 7) is 3.83. The van der Waals surface area contributed by atoms with Crippen LogP contribution >= 0.6 is 0 Å². The highest BCUT2D eigenvalue weighted by Gasteiger charge is 2.55. The summed E-state index contributed by atoms with van der Waals surface area (Å²) < 4.78 is 36.9. The average molecular weight is 441 g/mol. The van der Waals surface area contributed by atoms with Crippen LogP contribution in [0.1, 0.15) is 49.3 Å². The van der Waals surface area contributed by atoms with Crippen molar-refractivity contribution in [3.05, 3.63) is 65.2 Å². The first-order chi connectivity index (χ1) is 15.0. The van der Waals surface area contributed by atoms with Gasteiger partial charge in [-0.1, -0.05) is 43.3 Å². The third-order valence-corrected chi connectivity index (χ3v) is 9.27. The van der Waals surface area contributed by atoms with Crippen molar-refractivity contribution < 1.29 is 13.2 Å². The summed E-state index contributed by atoms with van der Waals surface area (Å²) in [5.41, 5.74) is 3.54. The van der Waals surface area contributed by atoms with E-state index in [0.29, 0.717) is 31.5 Å². The molecule has 3 atom stereocenters. The SMILES string of the molecule is CCCN1CCC2(NS1(=O)=O)C1CCC2Cc2cc(OCc3ccccc3)ccc2C1. The van der Waals surface area contributed by atoms with Crippen LogP contribution in [0.5, 0.6) is 5.75 Å². The van der Waals surface area contributed by atoms with Gasteiger partial charge >= 0.3 is 0 Å². The molecule has 2 aromatic carbocycles. The average Bonchev–Trinajstić information content (AvgIpc) is 2.99. The third kappa shape index (κ3) is 3.90. The van der Waals surface area contributed by atoms with E-state index in [4.69, 9.17) is 4.74 Å². The molecule has 0 amide bonds. The molecule has 166 valence electrons. The minimum absolute atomic E-state index is 0.298. The molecule has 1 saturated carbocycles. The highest BCUT2D eigenvalue weighted by atomic mass is 32.2. The Morgan fingerprint density at radius 3 is 2.52 bits per heavy atom. The van der Waals surface area contributed by atoms with Crippen LogP contribution in [-0.4, -0.2) is 31.4 Å². The molecule has 2 aromatic rings. The fourth-order valence-corrected chi connectivity index (χ4v) is 7.81. The minimum Gasteiger partial charge on any atom is -0.489 e. The van der Waals surface area contributed by atoms with Gasteiger partial charge in [0.05, 0.1) is 0 Å². The maximum Gasteiger partial charge on any atom is 0.279 e. The van der Waals surface area contributed by atoms with Gasteiger partial charge in [-0.05, 0) is 79.2 Å². The number of nitrogens with zero attached hydrogens (tertiary/aromatic N) is 1. The number of nitrogens with one attached hydrogen (secondary N) is 1. The lowest BCUT2D eigenvalue weighted by Crippen LogP contribution is -2.64. The fraction of sp³-hybridized carbons (Fsp3) is 0.520. The minimum atomic E-state index is -3.41. The van der Waals surface area contributed by atoms with Crippen LogP contribution in [0.2, 0.25) is 0 Å². The summed E-state index contributed by atoms with van der Waals surface area (Å²) in [5.74, 6) is 1.61. The fourth-order valence-electron chi connectivity index (χ4n) is 6.01. The Morgan fingerprint density at radius 1 is 1.06 bits per heavy atom. The molecule has 1 spiro atoms. The highest BCUT2D eigenvalue weighted by Crippen LogP contribution is 2.51. The molecular weight excluding hydrogens is 408 g/mol. The highest BCUT2D eigenvalue weighted by molar-refractivity contribution is 7.87. The maximum absolute atomic E-state index is 13.0. The van der Waals surface area contributed by atoms with Gasteiger partial charge in [0.1, 0.15) is 12.4 Å². The molecule has 0 aromatic heterocycles. The van der Waals surface area contributed by atoms with E-state index < -0.39 is 10.2 Å². The Bertz CT molecular complexity index is 1040. The number of hydrogen-bond acceptors (Lipinski definition) is 3. The van der Waals surface area contributed by atoms with Crippen LogP contribution in [0.3, 0.4) is 0 Å². The molecular formula is C25H32N2O3S. The topological polar surface area (TPSA) is 58.6 Å². The monoisotopic (exact) mass is 440 g/mol. The molecule has 6 heteroatoms. The second kappa shape index (κ2) is 8.23. The molecule has 3 aliphatic rings. The molecule has 0 radical (unpaired) electrons. The molecule has 5 rings (SSSR count). The Morgan fingerprint density at radius 2 is 1.81 bits per heavy atom. The van der Waals surface area contributed by atoms with Gasteiger partial charge in [-0.25, -0.2) is 0 Å². The predicted octanol–water partition coefficient (Wildman–Crippen LogP) is 4.08.